The Morgan fingerprint density at radius 3 is 2.92 bits per heavy atom. The molecule has 0 saturated heterocycles. The van der Waals surface area contributed by atoms with E-state index in [1.807, 2.05) is 6.26 Å². The highest BCUT2D eigenvalue weighted by Gasteiger charge is 2.09. The minimum absolute atomic E-state index is 0.0575. The molecule has 13 heavy (non-hydrogen) atoms. The van der Waals surface area contributed by atoms with E-state index in [0.29, 0.717) is 12.4 Å². The summed E-state index contributed by atoms with van der Waals surface area (Å²) in [4.78, 5) is 10.1. The van der Waals surface area contributed by atoms with Crippen LogP contribution < -0.4 is 0 Å². The second-order valence-electron chi connectivity index (χ2n) is 2.30. The van der Waals surface area contributed by atoms with E-state index in [1.165, 1.54) is 11.8 Å². The molecule has 76 valence electrons. The molecule has 5 heteroatoms. The van der Waals surface area contributed by atoms with Gasteiger partial charge in [-0.15, -0.1) is 18.3 Å². The lowest BCUT2D eigenvalue weighted by atomic mass is 10.3. The zero-order valence-electron chi connectivity index (χ0n) is 7.56. The first kappa shape index (κ1) is 12.3. The van der Waals surface area contributed by atoms with E-state index in [-0.39, 0.29) is 12.7 Å². The molecule has 0 aromatic carbocycles. The van der Waals surface area contributed by atoms with E-state index in [2.05, 4.69) is 11.3 Å². The number of thioether (sulfide) groups is 1. The molecule has 0 saturated carbocycles. The van der Waals surface area contributed by atoms with Crippen LogP contribution in [0, 0.1) is 0 Å². The van der Waals surface area contributed by atoms with Crippen LogP contribution >= 0.6 is 11.8 Å². The quantitative estimate of drug-likeness (QED) is 0.392. The lowest BCUT2D eigenvalue weighted by Crippen LogP contribution is -2.20. The largest absolute Gasteiger partial charge is 0.505 e. The maximum Gasteiger partial charge on any atom is 0.505 e. The summed E-state index contributed by atoms with van der Waals surface area (Å²) in [5.74, 6) is 0.529. The highest BCUT2D eigenvalue weighted by molar-refractivity contribution is 7.98. The maximum atomic E-state index is 10.1. The molecule has 0 aromatic rings. The summed E-state index contributed by atoms with van der Waals surface area (Å²) in [5, 5.41) is 8.25. The smallest absolute Gasteiger partial charge is 0.450 e. The summed E-state index contributed by atoms with van der Waals surface area (Å²) in [5.41, 5.74) is 0. The molecule has 0 aliphatic carbocycles. The first-order chi connectivity index (χ1) is 6.20. The number of carbonyl (C=O) groups is 1. The van der Waals surface area contributed by atoms with Crippen molar-refractivity contribution in [3.63, 3.8) is 0 Å². The Kier molecular flexibility index (Phi) is 7.53. The fourth-order valence-corrected chi connectivity index (χ4v) is 1.03. The summed E-state index contributed by atoms with van der Waals surface area (Å²) in [7, 11) is 0. The second-order valence-corrected chi connectivity index (χ2v) is 3.11. The Morgan fingerprint density at radius 2 is 2.46 bits per heavy atom. The molecule has 0 aliphatic heterocycles. The van der Waals surface area contributed by atoms with Gasteiger partial charge < -0.3 is 14.6 Å². The number of hydrogen-bond donors (Lipinski definition) is 1. The minimum Gasteiger partial charge on any atom is -0.450 e. The molecular formula is C8H14O4S. The van der Waals surface area contributed by atoms with Gasteiger partial charge >= 0.3 is 6.16 Å². The van der Waals surface area contributed by atoms with Crippen molar-refractivity contribution < 1.29 is 19.4 Å². The topological polar surface area (TPSA) is 55.8 Å². The van der Waals surface area contributed by atoms with Crippen molar-refractivity contribution >= 4 is 17.9 Å². The third-order valence-electron chi connectivity index (χ3n) is 1.24. The maximum absolute atomic E-state index is 10.1. The van der Waals surface area contributed by atoms with E-state index in [1.54, 1.807) is 6.08 Å². The molecule has 1 N–H and O–H groups in total. The Balaban J connectivity index is 3.65. The third kappa shape index (κ3) is 7.67. The molecule has 0 spiro atoms. The predicted octanol–water partition coefficient (Wildman–Crippen LogP) is 1.96. The fraction of sp³-hybridized carbons (Fsp3) is 0.625. The van der Waals surface area contributed by atoms with Crippen LogP contribution in [0.4, 0.5) is 4.79 Å². The standard InChI is InChI=1S/C8H14O4S/c1-3-4-7(12-6-13-2)5-11-8(9)10/h3,7H,1,4-6H2,2H3,(H,9,10). The van der Waals surface area contributed by atoms with Crippen LogP contribution in [0.15, 0.2) is 12.7 Å². The molecule has 1 unspecified atom stereocenters. The number of carboxylic acid groups (broad SMARTS) is 1. The molecule has 1 atom stereocenters. The molecule has 0 aliphatic rings. The Bertz CT molecular complexity index is 160. The molecule has 0 aromatic heterocycles. The van der Waals surface area contributed by atoms with Crippen molar-refractivity contribution in [3.05, 3.63) is 12.7 Å². The third-order valence-corrected chi connectivity index (χ3v) is 1.62. The molecule has 0 rings (SSSR count). The highest BCUT2D eigenvalue weighted by atomic mass is 32.2. The van der Waals surface area contributed by atoms with Crippen LogP contribution in [-0.2, 0) is 9.47 Å². The number of ether oxygens (including phenoxy) is 2. The molecule has 0 heterocycles. The van der Waals surface area contributed by atoms with Gasteiger partial charge in [0.25, 0.3) is 0 Å². The highest BCUT2D eigenvalue weighted by Crippen LogP contribution is 2.04. The average molecular weight is 206 g/mol. The summed E-state index contributed by atoms with van der Waals surface area (Å²) < 4.78 is 9.67. The van der Waals surface area contributed by atoms with E-state index in [4.69, 9.17) is 9.84 Å². The van der Waals surface area contributed by atoms with Crippen LogP contribution in [0.5, 0.6) is 0 Å². The second kappa shape index (κ2) is 7.94. The summed E-state index contributed by atoms with van der Waals surface area (Å²) in [6.07, 6.45) is 2.68. The Labute approximate surface area is 81.9 Å². The molecule has 0 bridgehead atoms. The molecule has 0 amide bonds. The van der Waals surface area contributed by atoms with Crippen LogP contribution in [0.3, 0.4) is 0 Å². The van der Waals surface area contributed by atoms with Gasteiger partial charge in [0.15, 0.2) is 0 Å². The van der Waals surface area contributed by atoms with Crippen LogP contribution in [-0.4, -0.2) is 36.2 Å². The van der Waals surface area contributed by atoms with Crippen LogP contribution in [0.25, 0.3) is 0 Å². The number of rotatable bonds is 7. The van der Waals surface area contributed by atoms with Gasteiger partial charge in [0, 0.05) is 0 Å². The molecular weight excluding hydrogens is 192 g/mol. The summed E-state index contributed by atoms with van der Waals surface area (Å²) in [6, 6.07) is 0. The molecule has 4 nitrogen and oxygen atoms in total. The average Bonchev–Trinajstić information content (AvgIpc) is 2.09. The van der Waals surface area contributed by atoms with Gasteiger partial charge in [-0.3, -0.25) is 0 Å². The van der Waals surface area contributed by atoms with Crippen molar-refractivity contribution in [3.8, 4) is 0 Å². The first-order valence-corrected chi connectivity index (χ1v) is 5.17. The molecule has 0 radical (unpaired) electrons. The van der Waals surface area contributed by atoms with Gasteiger partial charge in [-0.1, -0.05) is 6.08 Å². The van der Waals surface area contributed by atoms with Crippen molar-refractivity contribution in [2.24, 2.45) is 0 Å². The van der Waals surface area contributed by atoms with Gasteiger partial charge in [0.05, 0.1) is 12.0 Å². The van der Waals surface area contributed by atoms with Crippen molar-refractivity contribution in [1.29, 1.82) is 0 Å². The van der Waals surface area contributed by atoms with Gasteiger partial charge in [0.2, 0.25) is 0 Å². The number of hydrogen-bond acceptors (Lipinski definition) is 4. The first-order valence-electron chi connectivity index (χ1n) is 3.77. The van der Waals surface area contributed by atoms with Crippen molar-refractivity contribution in [1.82, 2.24) is 0 Å². The minimum atomic E-state index is -1.28. The zero-order valence-corrected chi connectivity index (χ0v) is 8.38. The van der Waals surface area contributed by atoms with E-state index >= 15 is 0 Å². The SMILES string of the molecule is C=CCC(COC(=O)O)OCSC. The Hall–Kier alpha value is -0.680. The van der Waals surface area contributed by atoms with Crippen molar-refractivity contribution in [2.75, 3.05) is 18.8 Å². The van der Waals surface area contributed by atoms with E-state index < -0.39 is 6.16 Å². The normalized spacial score (nSPS) is 12.1. The van der Waals surface area contributed by atoms with E-state index in [0.717, 1.165) is 0 Å². The van der Waals surface area contributed by atoms with Crippen molar-refractivity contribution in [2.45, 2.75) is 12.5 Å². The van der Waals surface area contributed by atoms with E-state index in [9.17, 15) is 4.79 Å². The van der Waals surface area contributed by atoms with Gasteiger partial charge in [-0.25, -0.2) is 4.79 Å². The van der Waals surface area contributed by atoms with Crippen LogP contribution in [0.2, 0.25) is 0 Å². The lowest BCUT2D eigenvalue weighted by Gasteiger charge is -2.14. The van der Waals surface area contributed by atoms with Gasteiger partial charge in [-0.2, -0.15) is 0 Å². The summed E-state index contributed by atoms with van der Waals surface area (Å²) in [6.45, 7) is 3.60. The van der Waals surface area contributed by atoms with Crippen LogP contribution in [0.1, 0.15) is 6.42 Å². The van der Waals surface area contributed by atoms with Gasteiger partial charge in [0.1, 0.15) is 6.61 Å². The fourth-order valence-electron chi connectivity index (χ4n) is 0.699. The zero-order chi connectivity index (χ0) is 10.1. The monoisotopic (exact) mass is 206 g/mol. The molecule has 0 fully saturated rings. The lowest BCUT2D eigenvalue weighted by molar-refractivity contribution is 0.0127. The Morgan fingerprint density at radius 1 is 1.77 bits per heavy atom. The predicted molar refractivity (Wildman–Crippen MR) is 52.0 cm³/mol. The summed E-state index contributed by atoms with van der Waals surface area (Å²) >= 11 is 1.53. The van der Waals surface area contributed by atoms with Gasteiger partial charge in [-0.05, 0) is 12.7 Å².